The average Bonchev–Trinajstić information content (AvgIpc) is 3.42. The fraction of sp³-hybridized carbons (Fsp3) is 0.167. The Kier molecular flexibility index (Phi) is 5.89. The number of hydrogen-bond acceptors (Lipinski definition) is 8. The summed E-state index contributed by atoms with van der Waals surface area (Å²) in [7, 11) is -0.666. The Morgan fingerprint density at radius 2 is 1.81 bits per heavy atom. The Morgan fingerprint density at radius 1 is 1.06 bits per heavy atom. The zero-order valence-electron chi connectivity index (χ0n) is 19.9. The number of anilines is 2. The number of fused-ring (bicyclic) bond motifs is 1. The number of pyridine rings is 1. The smallest absolute Gasteiger partial charge is 0.268 e. The number of rotatable bonds is 6. The van der Waals surface area contributed by atoms with E-state index >= 15 is 0 Å². The molecule has 0 unspecified atom stereocenters. The molecule has 4 heterocycles. The first kappa shape index (κ1) is 23.8. The van der Waals surface area contributed by atoms with Gasteiger partial charge in [-0.25, -0.2) is 27.3 Å². The summed E-state index contributed by atoms with van der Waals surface area (Å²) in [6.07, 6.45) is 6.46. The summed E-state index contributed by atoms with van der Waals surface area (Å²) in [4.78, 5) is 13.3. The van der Waals surface area contributed by atoms with Crippen LogP contribution in [-0.4, -0.2) is 44.2 Å². The third-order valence-electron chi connectivity index (χ3n) is 5.68. The summed E-state index contributed by atoms with van der Waals surface area (Å²) in [5.74, 6) is 0.686. The predicted molar refractivity (Wildman–Crippen MR) is 137 cm³/mol. The minimum atomic E-state index is -3.96. The molecule has 0 aliphatic rings. The molecule has 184 valence electrons. The molecule has 0 bridgehead atoms. The molecule has 0 amide bonds. The van der Waals surface area contributed by atoms with E-state index in [1.165, 1.54) is 19.5 Å². The molecule has 0 atom stereocenters. The van der Waals surface area contributed by atoms with Gasteiger partial charge in [0.1, 0.15) is 11.2 Å². The van der Waals surface area contributed by atoms with Gasteiger partial charge in [-0.1, -0.05) is 29.3 Å². The summed E-state index contributed by atoms with van der Waals surface area (Å²) in [6, 6.07) is 8.35. The van der Waals surface area contributed by atoms with Crippen molar-refractivity contribution in [2.75, 3.05) is 12.4 Å². The lowest BCUT2D eigenvalue weighted by atomic mass is 10.1. The van der Waals surface area contributed by atoms with Gasteiger partial charge in [0, 0.05) is 36.6 Å². The van der Waals surface area contributed by atoms with Crippen LogP contribution in [0.1, 0.15) is 11.1 Å². The normalized spacial score (nSPS) is 11.7. The molecule has 4 aromatic heterocycles. The summed E-state index contributed by atoms with van der Waals surface area (Å²) in [5, 5.41) is 8.00. The lowest BCUT2D eigenvalue weighted by molar-refractivity contribution is 0.393. The van der Waals surface area contributed by atoms with Gasteiger partial charge < -0.3 is 10.1 Å². The average molecular weight is 524 g/mol. The highest BCUT2D eigenvalue weighted by Crippen LogP contribution is 2.36. The van der Waals surface area contributed by atoms with E-state index in [-0.39, 0.29) is 15.6 Å². The summed E-state index contributed by atoms with van der Waals surface area (Å²) in [6.45, 7) is 3.75. The van der Waals surface area contributed by atoms with Crippen LogP contribution in [0.2, 0.25) is 5.15 Å². The Morgan fingerprint density at radius 3 is 2.53 bits per heavy atom. The molecule has 0 spiro atoms. The summed E-state index contributed by atoms with van der Waals surface area (Å²) in [5.41, 5.74) is 3.68. The van der Waals surface area contributed by atoms with Gasteiger partial charge in [0.15, 0.2) is 5.15 Å². The molecule has 5 rings (SSSR count). The van der Waals surface area contributed by atoms with Gasteiger partial charge in [-0.15, -0.1) is 5.10 Å². The van der Waals surface area contributed by atoms with E-state index in [1.54, 1.807) is 54.5 Å². The second-order valence-electron chi connectivity index (χ2n) is 8.23. The van der Waals surface area contributed by atoms with E-state index in [4.69, 9.17) is 21.3 Å². The number of hydrogen-bond donors (Lipinski definition) is 1. The molecular formula is C24H22ClN7O3S. The molecule has 0 aliphatic heterocycles. The van der Waals surface area contributed by atoms with Crippen LogP contribution >= 0.6 is 11.6 Å². The van der Waals surface area contributed by atoms with Gasteiger partial charge in [0.2, 0.25) is 5.95 Å². The van der Waals surface area contributed by atoms with Crippen molar-refractivity contribution >= 4 is 44.2 Å². The van der Waals surface area contributed by atoms with E-state index in [0.29, 0.717) is 34.2 Å². The molecule has 10 nitrogen and oxygen atoms in total. The largest absolute Gasteiger partial charge is 0.478 e. The molecular weight excluding hydrogens is 502 g/mol. The third-order valence-corrected chi connectivity index (χ3v) is 7.63. The molecule has 0 radical (unpaired) electrons. The lowest BCUT2D eigenvalue weighted by Crippen LogP contribution is -2.12. The molecule has 0 aliphatic carbocycles. The van der Waals surface area contributed by atoms with E-state index in [9.17, 15) is 8.42 Å². The van der Waals surface area contributed by atoms with Crippen LogP contribution in [0.3, 0.4) is 0 Å². The number of halogens is 1. The fourth-order valence-corrected chi connectivity index (χ4v) is 5.58. The van der Waals surface area contributed by atoms with Gasteiger partial charge in [0.25, 0.3) is 15.9 Å². The Hall–Kier alpha value is -3.96. The molecule has 5 aromatic rings. The van der Waals surface area contributed by atoms with Gasteiger partial charge >= 0.3 is 0 Å². The second-order valence-corrected chi connectivity index (χ2v) is 10.4. The number of aromatic nitrogens is 6. The van der Waals surface area contributed by atoms with Crippen LogP contribution in [0.4, 0.5) is 11.6 Å². The topological polar surface area (TPSA) is 117 Å². The minimum absolute atomic E-state index is 0.0691. The van der Waals surface area contributed by atoms with Gasteiger partial charge in [-0.2, -0.15) is 0 Å². The maximum absolute atomic E-state index is 13.6. The molecule has 36 heavy (non-hydrogen) atoms. The molecule has 12 heteroatoms. The van der Waals surface area contributed by atoms with Crippen molar-refractivity contribution in [3.8, 4) is 17.1 Å². The maximum Gasteiger partial charge on any atom is 0.268 e. The molecule has 1 N–H and O–H groups in total. The number of nitrogens with zero attached hydrogens (tertiary/aromatic N) is 6. The SMILES string of the molecule is COc1nn(C)cc1Nc1ncc(C)c(-c2cn(S(=O)(=O)c3ccc(C)cc3)c3c(Cl)nccc23)n1. The van der Waals surface area contributed by atoms with E-state index in [0.717, 1.165) is 15.1 Å². The van der Waals surface area contributed by atoms with Crippen molar-refractivity contribution in [3.63, 3.8) is 0 Å². The van der Waals surface area contributed by atoms with E-state index in [2.05, 4.69) is 20.4 Å². The van der Waals surface area contributed by atoms with E-state index < -0.39 is 10.0 Å². The molecule has 0 saturated heterocycles. The number of aryl methyl sites for hydroxylation is 3. The Labute approximate surface area is 212 Å². The quantitative estimate of drug-likeness (QED) is 0.324. The first-order chi connectivity index (χ1) is 17.2. The van der Waals surface area contributed by atoms with Crippen molar-refractivity contribution in [2.45, 2.75) is 18.7 Å². The van der Waals surface area contributed by atoms with Crippen LogP contribution in [0.25, 0.3) is 22.2 Å². The molecule has 1 aromatic carbocycles. The highest BCUT2D eigenvalue weighted by molar-refractivity contribution is 7.90. The van der Waals surface area contributed by atoms with Crippen LogP contribution in [-0.2, 0) is 17.1 Å². The minimum Gasteiger partial charge on any atom is -0.478 e. The first-order valence-corrected chi connectivity index (χ1v) is 12.7. The number of ether oxygens (including phenoxy) is 1. The maximum atomic E-state index is 13.6. The number of nitrogens with one attached hydrogen (secondary N) is 1. The van der Waals surface area contributed by atoms with Crippen molar-refractivity contribution in [3.05, 3.63) is 71.4 Å². The zero-order chi connectivity index (χ0) is 25.6. The van der Waals surface area contributed by atoms with Crippen molar-refractivity contribution in [1.29, 1.82) is 0 Å². The highest BCUT2D eigenvalue weighted by Gasteiger charge is 2.25. The van der Waals surface area contributed by atoms with E-state index in [1.807, 2.05) is 13.8 Å². The summed E-state index contributed by atoms with van der Waals surface area (Å²) >= 11 is 6.43. The molecule has 0 saturated carbocycles. The van der Waals surface area contributed by atoms with Crippen LogP contribution < -0.4 is 10.1 Å². The number of benzene rings is 1. The standard InChI is InChI=1S/C24H22ClN7O3S/c1-14-5-7-16(8-6-14)36(33,34)32-12-18(17-9-10-26-22(25)21(17)32)20-15(2)11-27-24(29-20)28-19-13-31(3)30-23(19)35-4/h5-13H,1-4H3,(H,27,28,29). The van der Waals surface area contributed by atoms with Crippen molar-refractivity contribution < 1.29 is 13.2 Å². The first-order valence-electron chi connectivity index (χ1n) is 10.9. The number of methoxy groups -OCH3 is 1. The zero-order valence-corrected chi connectivity index (χ0v) is 21.5. The van der Waals surface area contributed by atoms with Gasteiger partial charge in [0.05, 0.1) is 23.9 Å². The highest BCUT2D eigenvalue weighted by atomic mass is 35.5. The lowest BCUT2D eigenvalue weighted by Gasteiger charge is -2.08. The van der Waals surface area contributed by atoms with Crippen LogP contribution in [0.15, 0.2) is 60.0 Å². The monoisotopic (exact) mass is 523 g/mol. The Bertz CT molecular complexity index is 1710. The summed E-state index contributed by atoms with van der Waals surface area (Å²) < 4.78 is 35.3. The van der Waals surface area contributed by atoms with Crippen LogP contribution in [0.5, 0.6) is 5.88 Å². The van der Waals surface area contributed by atoms with Crippen molar-refractivity contribution in [2.24, 2.45) is 7.05 Å². The fourth-order valence-electron chi connectivity index (χ4n) is 3.91. The molecule has 0 fully saturated rings. The van der Waals surface area contributed by atoms with Gasteiger partial charge in [-0.3, -0.25) is 4.68 Å². The van der Waals surface area contributed by atoms with Crippen molar-refractivity contribution in [1.82, 2.24) is 28.7 Å². The van der Waals surface area contributed by atoms with Crippen LogP contribution in [0, 0.1) is 13.8 Å². The predicted octanol–water partition coefficient (Wildman–Crippen LogP) is 4.49. The third kappa shape index (κ3) is 4.06. The van der Waals surface area contributed by atoms with Gasteiger partial charge in [-0.05, 0) is 37.6 Å². The second kappa shape index (κ2) is 8.92. The Balaban J connectivity index is 1.68.